The van der Waals surface area contributed by atoms with Gasteiger partial charge in [0, 0.05) is 43.5 Å². The van der Waals surface area contributed by atoms with Gasteiger partial charge in [-0.25, -0.2) is 28.6 Å². The highest BCUT2D eigenvalue weighted by Gasteiger charge is 2.50. The van der Waals surface area contributed by atoms with Crippen LogP contribution in [0.25, 0.3) is 11.2 Å². The maximum Gasteiger partial charge on any atom is 0.481 e. The zero-order valence-corrected chi connectivity index (χ0v) is 35.6. The summed E-state index contributed by atoms with van der Waals surface area (Å²) >= 11 is 1.06. The third kappa shape index (κ3) is 16.5. The fourth-order valence-corrected chi connectivity index (χ4v) is 8.83. The first kappa shape index (κ1) is 50.5. The monoisotopic (exact) mass is 921 g/mol. The quantitative estimate of drug-likeness (QED) is 0.0378. The summed E-state index contributed by atoms with van der Waals surface area (Å²) in [4.78, 5) is 87.7. The molecule has 11 N–H and O–H groups in total. The third-order valence-electron chi connectivity index (χ3n) is 8.27. The lowest BCUT2D eigenvalue weighted by molar-refractivity contribution is -0.137. The van der Waals surface area contributed by atoms with Crippen LogP contribution in [-0.2, 0) is 50.7 Å². The lowest BCUT2D eigenvalue weighted by atomic mass is 9.87. The van der Waals surface area contributed by atoms with Crippen LogP contribution in [0.15, 0.2) is 24.5 Å². The molecule has 59 heavy (non-hydrogen) atoms. The Morgan fingerprint density at radius 2 is 1.71 bits per heavy atom. The summed E-state index contributed by atoms with van der Waals surface area (Å²) in [6, 6.07) is 0. The van der Waals surface area contributed by atoms with E-state index in [4.69, 9.17) is 19.5 Å². The van der Waals surface area contributed by atoms with Crippen LogP contribution in [-0.4, -0.2) is 128 Å². The SMILES string of the molecule is CC/C=C(\O)CCCCC(=O)SCCNC(=O)CCNC(=O)C(O)C(C)(C)COP(=O)(O)OP(=O)(O)OCC1OC(n2cnc3c(N)ncnc32)C(O)C1OP(=O)(O)O. The minimum absolute atomic E-state index is 0.0271. The van der Waals surface area contributed by atoms with Gasteiger partial charge in [-0.3, -0.25) is 32.5 Å². The number of hydrogen-bond donors (Lipinski definition) is 10. The molecule has 2 aromatic heterocycles. The topological polar surface area (TPSA) is 384 Å². The summed E-state index contributed by atoms with van der Waals surface area (Å²) in [5, 5.41) is 36.0. The van der Waals surface area contributed by atoms with Gasteiger partial charge in [0.05, 0.1) is 25.3 Å². The molecule has 0 spiro atoms. The van der Waals surface area contributed by atoms with E-state index >= 15 is 0 Å². The molecule has 2 amide bonds. The summed E-state index contributed by atoms with van der Waals surface area (Å²) in [6.07, 6.45) is -2.38. The lowest BCUT2D eigenvalue weighted by Gasteiger charge is -2.30. The van der Waals surface area contributed by atoms with E-state index in [2.05, 4.69) is 34.4 Å². The first-order valence-electron chi connectivity index (χ1n) is 17.9. The van der Waals surface area contributed by atoms with Crippen molar-refractivity contribution in [3.05, 3.63) is 24.5 Å². The number of thioether (sulfide) groups is 1. The molecule has 25 nitrogen and oxygen atoms in total. The fourth-order valence-electron chi connectivity index (χ4n) is 5.28. The molecule has 3 rings (SSSR count). The molecule has 0 aliphatic carbocycles. The molecule has 0 aromatic carbocycles. The van der Waals surface area contributed by atoms with Crippen molar-refractivity contribution in [1.82, 2.24) is 30.2 Å². The number of allylic oxidation sites excluding steroid dienone is 2. The number of aliphatic hydroxyl groups excluding tert-OH is 3. The minimum Gasteiger partial charge on any atom is -0.513 e. The Labute approximate surface area is 341 Å². The molecule has 1 fully saturated rings. The maximum absolute atomic E-state index is 12.7. The van der Waals surface area contributed by atoms with Gasteiger partial charge in [0.15, 0.2) is 22.8 Å². The van der Waals surface area contributed by atoms with Crippen LogP contribution in [0.1, 0.15) is 65.5 Å². The number of ether oxygens (including phenoxy) is 1. The molecule has 0 bridgehead atoms. The van der Waals surface area contributed by atoms with Gasteiger partial charge in [0.25, 0.3) is 0 Å². The number of nitrogens with two attached hydrogens (primary N) is 1. The van der Waals surface area contributed by atoms with Crippen molar-refractivity contribution in [2.45, 2.75) is 89.9 Å². The van der Waals surface area contributed by atoms with Crippen molar-refractivity contribution in [3.63, 3.8) is 0 Å². The number of rotatable bonds is 25. The van der Waals surface area contributed by atoms with Gasteiger partial charge >= 0.3 is 23.5 Å². The fraction of sp³-hybridized carbons (Fsp3) is 0.667. The highest BCUT2D eigenvalue weighted by molar-refractivity contribution is 8.13. The molecule has 334 valence electrons. The molecule has 7 unspecified atom stereocenters. The van der Waals surface area contributed by atoms with Crippen LogP contribution in [0.5, 0.6) is 0 Å². The second-order valence-corrected chi connectivity index (χ2v) is 19.0. The van der Waals surface area contributed by atoms with Crippen molar-refractivity contribution < 1.29 is 85.6 Å². The third-order valence-corrected chi connectivity index (χ3v) is 12.3. The van der Waals surface area contributed by atoms with Crippen LogP contribution in [0.2, 0.25) is 0 Å². The Balaban J connectivity index is 1.43. The van der Waals surface area contributed by atoms with Crippen LogP contribution in [0, 0.1) is 5.41 Å². The Hall–Kier alpha value is -2.90. The predicted molar refractivity (Wildman–Crippen MR) is 207 cm³/mol. The number of unbranched alkanes of at least 4 members (excludes halogenated alkanes) is 1. The van der Waals surface area contributed by atoms with Crippen molar-refractivity contribution in [2.75, 3.05) is 37.8 Å². The summed E-state index contributed by atoms with van der Waals surface area (Å²) in [7, 11) is -16.4. The number of hydrogen-bond acceptors (Lipinski definition) is 19. The molecule has 29 heteroatoms. The summed E-state index contributed by atoms with van der Waals surface area (Å²) in [5.74, 6) is -0.849. The first-order chi connectivity index (χ1) is 27.4. The predicted octanol–water partition coefficient (Wildman–Crippen LogP) is 1.08. The van der Waals surface area contributed by atoms with Crippen molar-refractivity contribution >= 4 is 69.1 Å². The average molecular weight is 922 g/mol. The molecular weight excluding hydrogens is 871 g/mol. The highest BCUT2D eigenvalue weighted by atomic mass is 32.2. The van der Waals surface area contributed by atoms with Crippen molar-refractivity contribution in [3.8, 4) is 0 Å². The average Bonchev–Trinajstić information content (AvgIpc) is 3.70. The number of aromatic nitrogens is 4. The number of carbonyl (C=O) groups is 3. The summed E-state index contributed by atoms with van der Waals surface area (Å²) in [5.41, 5.74) is 4.25. The Bertz CT molecular complexity index is 1930. The van der Waals surface area contributed by atoms with Gasteiger partial charge in [-0.2, -0.15) is 4.31 Å². The number of amides is 2. The highest BCUT2D eigenvalue weighted by Crippen LogP contribution is 2.61. The van der Waals surface area contributed by atoms with Crippen LogP contribution < -0.4 is 16.4 Å². The Morgan fingerprint density at radius 3 is 2.39 bits per heavy atom. The largest absolute Gasteiger partial charge is 0.513 e. The smallest absolute Gasteiger partial charge is 0.481 e. The number of carbonyl (C=O) groups excluding carboxylic acids is 3. The van der Waals surface area contributed by atoms with E-state index in [1.165, 1.54) is 13.8 Å². The molecule has 1 aliphatic heterocycles. The number of nitrogens with zero attached hydrogens (tertiary/aromatic N) is 4. The van der Waals surface area contributed by atoms with E-state index in [-0.39, 0.29) is 41.6 Å². The van der Waals surface area contributed by atoms with E-state index in [1.54, 1.807) is 6.08 Å². The number of nitrogens with one attached hydrogen (secondary N) is 2. The van der Waals surface area contributed by atoms with Crippen molar-refractivity contribution in [2.24, 2.45) is 5.41 Å². The van der Waals surface area contributed by atoms with E-state index in [0.717, 1.165) is 35.4 Å². The molecule has 3 heterocycles. The van der Waals surface area contributed by atoms with E-state index in [1.807, 2.05) is 6.92 Å². The van der Waals surface area contributed by atoms with Crippen LogP contribution >= 0.6 is 35.2 Å². The molecule has 0 saturated carbocycles. The van der Waals surface area contributed by atoms with E-state index in [0.29, 0.717) is 37.2 Å². The number of fused-ring (bicyclic) bond motifs is 1. The normalized spacial score (nSPS) is 21.5. The number of phosphoric ester groups is 3. The van der Waals surface area contributed by atoms with E-state index < -0.39 is 84.6 Å². The molecule has 0 radical (unpaired) electrons. The zero-order valence-electron chi connectivity index (χ0n) is 32.1. The number of nitrogen functional groups attached to an aromatic ring is 1. The standard InChI is InChI=1S/C30H50N7O18P3S/c1-4-7-18(38)8-5-6-9-21(40)59-13-12-32-20(39)10-11-33-28(43)25(42)30(2,3)15-52-58(49,50)55-57(47,48)51-14-19-24(54-56(44,45)46)23(41)29(53-19)37-17-36-22-26(31)34-16-35-27(22)37/h7,16-17,19,23-25,29,38,41-42H,4-6,8-15H2,1-3H3,(H,32,39)(H,33,43)(H,47,48)(H,49,50)(H2,31,34,35)(H2,44,45,46)/b18-7-. The van der Waals surface area contributed by atoms with Gasteiger partial charge < -0.3 is 56.0 Å². The molecule has 7 atom stereocenters. The molecular formula is C30H50N7O18P3S. The van der Waals surface area contributed by atoms with Crippen LogP contribution in [0.4, 0.5) is 5.82 Å². The molecule has 1 aliphatic rings. The summed E-state index contributed by atoms with van der Waals surface area (Å²) < 4.78 is 62.1. The zero-order chi connectivity index (χ0) is 44.2. The minimum atomic E-state index is -5.58. The second kappa shape index (κ2) is 22.3. The van der Waals surface area contributed by atoms with Crippen LogP contribution in [0.3, 0.4) is 0 Å². The lowest BCUT2D eigenvalue weighted by Crippen LogP contribution is -2.46. The van der Waals surface area contributed by atoms with Gasteiger partial charge in [-0.15, -0.1) is 0 Å². The van der Waals surface area contributed by atoms with Crippen molar-refractivity contribution in [1.29, 1.82) is 0 Å². The molecule has 1 saturated heterocycles. The number of imidazole rings is 1. The second-order valence-electron chi connectivity index (χ2n) is 13.6. The Kier molecular flexibility index (Phi) is 19.0. The number of aliphatic hydroxyl groups is 3. The van der Waals surface area contributed by atoms with Gasteiger partial charge in [0.2, 0.25) is 11.8 Å². The maximum atomic E-state index is 12.7. The van der Waals surface area contributed by atoms with Gasteiger partial charge in [-0.1, -0.05) is 32.5 Å². The number of anilines is 1. The Morgan fingerprint density at radius 1 is 1.03 bits per heavy atom. The molecule has 2 aromatic rings. The van der Waals surface area contributed by atoms with Gasteiger partial charge in [-0.05, 0) is 25.3 Å². The first-order valence-corrected chi connectivity index (χ1v) is 23.4. The summed E-state index contributed by atoms with van der Waals surface area (Å²) in [6.45, 7) is 2.35. The van der Waals surface area contributed by atoms with Gasteiger partial charge in [0.1, 0.15) is 36.3 Å². The van der Waals surface area contributed by atoms with E-state index in [9.17, 15) is 63.0 Å². The number of phosphoric acid groups is 3.